The zero-order chi connectivity index (χ0) is 21.4. The molecular weight excluding hydrogens is 396 g/mol. The second kappa shape index (κ2) is 10.1. The maximum atomic E-state index is 12.3. The first-order valence-electron chi connectivity index (χ1n) is 8.61. The van der Waals surface area contributed by atoms with Gasteiger partial charge in [-0.1, -0.05) is 29.8 Å². The molecule has 150 valence electrons. The number of nitriles is 1. The molecule has 0 aliphatic carbocycles. The van der Waals surface area contributed by atoms with Gasteiger partial charge in [0.25, 0.3) is 5.91 Å². The molecule has 29 heavy (non-hydrogen) atoms. The maximum absolute atomic E-state index is 12.3. The standard InChI is InChI=1S/C20H19ClN4O4/c1-12(19(27)24-14-8-6-13(11-22)7-9-14)29-18(26)10-17(25-20(23)28)15-4-2-3-5-16(15)21/h2-9,12,17H,10H2,1H3,(H,24,27)(H3,23,25,28)/t12-,17+/m1/s1. The summed E-state index contributed by atoms with van der Waals surface area (Å²) < 4.78 is 5.16. The van der Waals surface area contributed by atoms with E-state index >= 15 is 0 Å². The molecule has 0 saturated carbocycles. The topological polar surface area (TPSA) is 134 Å². The molecule has 0 spiro atoms. The van der Waals surface area contributed by atoms with Gasteiger partial charge in [0.15, 0.2) is 6.10 Å². The molecule has 0 aliphatic rings. The van der Waals surface area contributed by atoms with Gasteiger partial charge in [-0.05, 0) is 42.8 Å². The van der Waals surface area contributed by atoms with Crippen molar-refractivity contribution in [2.24, 2.45) is 5.73 Å². The number of urea groups is 1. The number of primary amides is 1. The van der Waals surface area contributed by atoms with Crippen molar-refractivity contribution in [2.75, 3.05) is 5.32 Å². The van der Waals surface area contributed by atoms with Crippen LogP contribution in [0.15, 0.2) is 48.5 Å². The molecule has 0 saturated heterocycles. The average molecular weight is 415 g/mol. The number of hydrogen-bond acceptors (Lipinski definition) is 5. The summed E-state index contributed by atoms with van der Waals surface area (Å²) in [6.45, 7) is 1.42. The fourth-order valence-electron chi connectivity index (χ4n) is 2.51. The van der Waals surface area contributed by atoms with Crippen molar-refractivity contribution < 1.29 is 19.1 Å². The van der Waals surface area contributed by atoms with Crippen molar-refractivity contribution in [2.45, 2.75) is 25.5 Å². The predicted molar refractivity (Wildman–Crippen MR) is 107 cm³/mol. The molecule has 2 aromatic rings. The van der Waals surface area contributed by atoms with Crippen LogP contribution in [0, 0.1) is 11.3 Å². The summed E-state index contributed by atoms with van der Waals surface area (Å²) in [5.74, 6) is -1.26. The van der Waals surface area contributed by atoms with E-state index in [1.807, 2.05) is 6.07 Å². The van der Waals surface area contributed by atoms with Crippen molar-refractivity contribution in [3.63, 3.8) is 0 Å². The normalized spacial score (nSPS) is 12.2. The van der Waals surface area contributed by atoms with E-state index in [1.54, 1.807) is 48.5 Å². The molecular formula is C20H19ClN4O4. The van der Waals surface area contributed by atoms with Crippen LogP contribution in [0.1, 0.15) is 30.5 Å². The third kappa shape index (κ3) is 6.52. The number of nitrogens with one attached hydrogen (secondary N) is 2. The van der Waals surface area contributed by atoms with Crippen LogP contribution in [0.4, 0.5) is 10.5 Å². The van der Waals surface area contributed by atoms with Gasteiger partial charge in [0.05, 0.1) is 24.1 Å². The summed E-state index contributed by atoms with van der Waals surface area (Å²) in [6, 6.07) is 13.3. The highest BCUT2D eigenvalue weighted by molar-refractivity contribution is 6.31. The second-order valence-corrected chi connectivity index (χ2v) is 6.50. The van der Waals surface area contributed by atoms with Crippen molar-refractivity contribution in [1.29, 1.82) is 5.26 Å². The van der Waals surface area contributed by atoms with Crippen LogP contribution < -0.4 is 16.4 Å². The molecule has 0 bridgehead atoms. The highest BCUT2D eigenvalue weighted by Crippen LogP contribution is 2.25. The lowest BCUT2D eigenvalue weighted by Gasteiger charge is -2.20. The van der Waals surface area contributed by atoms with E-state index in [2.05, 4.69) is 10.6 Å². The number of hydrogen-bond donors (Lipinski definition) is 3. The second-order valence-electron chi connectivity index (χ2n) is 6.10. The Labute approximate surface area is 172 Å². The predicted octanol–water partition coefficient (Wildman–Crippen LogP) is 2.88. The van der Waals surface area contributed by atoms with E-state index in [-0.39, 0.29) is 6.42 Å². The third-order valence-electron chi connectivity index (χ3n) is 3.93. The summed E-state index contributed by atoms with van der Waals surface area (Å²) in [7, 11) is 0. The van der Waals surface area contributed by atoms with E-state index in [9.17, 15) is 14.4 Å². The fourth-order valence-corrected chi connectivity index (χ4v) is 2.77. The van der Waals surface area contributed by atoms with Crippen LogP contribution in [-0.4, -0.2) is 24.0 Å². The molecule has 0 unspecified atom stereocenters. The van der Waals surface area contributed by atoms with Crippen molar-refractivity contribution in [1.82, 2.24) is 5.32 Å². The first-order chi connectivity index (χ1) is 13.8. The van der Waals surface area contributed by atoms with E-state index < -0.39 is 30.1 Å². The van der Waals surface area contributed by atoms with E-state index in [4.69, 9.17) is 27.3 Å². The molecule has 8 nitrogen and oxygen atoms in total. The Bertz CT molecular complexity index is 940. The molecule has 2 atom stereocenters. The molecule has 9 heteroatoms. The molecule has 3 amide bonds. The number of nitrogens with zero attached hydrogens (tertiary/aromatic N) is 1. The zero-order valence-corrected chi connectivity index (χ0v) is 16.3. The Balaban J connectivity index is 1.99. The lowest BCUT2D eigenvalue weighted by atomic mass is 10.0. The molecule has 0 radical (unpaired) electrons. The Morgan fingerprint density at radius 2 is 1.83 bits per heavy atom. The highest BCUT2D eigenvalue weighted by atomic mass is 35.5. The molecule has 0 aliphatic heterocycles. The van der Waals surface area contributed by atoms with Crippen LogP contribution in [0.25, 0.3) is 0 Å². The number of carbonyl (C=O) groups is 3. The fraction of sp³-hybridized carbons (Fsp3) is 0.200. The Hall–Kier alpha value is -3.57. The Kier molecular flexibility index (Phi) is 7.57. The largest absolute Gasteiger partial charge is 0.452 e. The van der Waals surface area contributed by atoms with Crippen LogP contribution in [0.3, 0.4) is 0 Å². The van der Waals surface area contributed by atoms with Crippen molar-refractivity contribution in [3.8, 4) is 6.07 Å². The minimum atomic E-state index is -1.08. The summed E-state index contributed by atoms with van der Waals surface area (Å²) >= 11 is 6.13. The smallest absolute Gasteiger partial charge is 0.312 e. The number of rotatable bonds is 7. The minimum absolute atomic E-state index is 0.263. The van der Waals surface area contributed by atoms with Gasteiger partial charge >= 0.3 is 12.0 Å². The number of nitrogens with two attached hydrogens (primary N) is 1. The summed E-state index contributed by atoms with van der Waals surface area (Å²) in [4.78, 5) is 35.8. The zero-order valence-electron chi connectivity index (χ0n) is 15.5. The number of halogens is 1. The average Bonchev–Trinajstić information content (AvgIpc) is 2.68. The Morgan fingerprint density at radius 3 is 2.41 bits per heavy atom. The molecule has 4 N–H and O–H groups in total. The molecule has 2 rings (SSSR count). The van der Waals surface area contributed by atoms with E-state index in [0.717, 1.165) is 0 Å². The number of benzene rings is 2. The summed E-state index contributed by atoms with van der Waals surface area (Å²) in [5.41, 5.74) is 6.60. The van der Waals surface area contributed by atoms with Crippen LogP contribution in [0.2, 0.25) is 5.02 Å². The molecule has 2 aromatic carbocycles. The van der Waals surface area contributed by atoms with Gasteiger partial charge in [-0.25, -0.2) is 4.79 Å². The van der Waals surface area contributed by atoms with E-state index in [1.165, 1.54) is 6.92 Å². The van der Waals surface area contributed by atoms with Gasteiger partial charge in [0, 0.05) is 10.7 Å². The summed E-state index contributed by atoms with van der Waals surface area (Å²) in [5, 5.41) is 14.2. The number of anilines is 1. The van der Waals surface area contributed by atoms with Gasteiger partial charge in [0.2, 0.25) is 0 Å². The van der Waals surface area contributed by atoms with Gasteiger partial charge in [-0.15, -0.1) is 0 Å². The van der Waals surface area contributed by atoms with Gasteiger partial charge in [-0.2, -0.15) is 5.26 Å². The van der Waals surface area contributed by atoms with Gasteiger partial charge in [-0.3, -0.25) is 9.59 Å². The number of esters is 1. The summed E-state index contributed by atoms with van der Waals surface area (Å²) in [6.07, 6.45) is -1.35. The molecule has 0 aromatic heterocycles. The highest BCUT2D eigenvalue weighted by Gasteiger charge is 2.24. The van der Waals surface area contributed by atoms with E-state index in [0.29, 0.717) is 21.8 Å². The first-order valence-corrected chi connectivity index (χ1v) is 8.99. The van der Waals surface area contributed by atoms with Crippen LogP contribution >= 0.6 is 11.6 Å². The number of ether oxygens (including phenoxy) is 1. The molecule has 0 fully saturated rings. The number of carbonyl (C=O) groups excluding carboxylic acids is 3. The lowest BCUT2D eigenvalue weighted by molar-refractivity contribution is -0.153. The van der Waals surface area contributed by atoms with Crippen LogP contribution in [-0.2, 0) is 14.3 Å². The SMILES string of the molecule is C[C@@H](OC(=O)C[C@H](NC(N)=O)c1ccccc1Cl)C(=O)Nc1ccc(C#N)cc1. The quantitative estimate of drug-likeness (QED) is 0.599. The van der Waals surface area contributed by atoms with Crippen molar-refractivity contribution in [3.05, 3.63) is 64.7 Å². The Morgan fingerprint density at radius 1 is 1.17 bits per heavy atom. The van der Waals surface area contributed by atoms with Crippen molar-refractivity contribution >= 4 is 35.2 Å². The lowest BCUT2D eigenvalue weighted by Crippen LogP contribution is -2.36. The van der Waals surface area contributed by atoms with Crippen LogP contribution in [0.5, 0.6) is 0 Å². The number of amides is 3. The maximum Gasteiger partial charge on any atom is 0.312 e. The third-order valence-corrected chi connectivity index (χ3v) is 4.27. The minimum Gasteiger partial charge on any atom is -0.452 e. The van der Waals surface area contributed by atoms with Gasteiger partial charge in [0.1, 0.15) is 0 Å². The van der Waals surface area contributed by atoms with Gasteiger partial charge < -0.3 is 21.1 Å². The monoisotopic (exact) mass is 414 g/mol. The molecule has 0 heterocycles. The first kappa shape index (κ1) is 21.7.